The molecule has 0 saturated heterocycles. The van der Waals surface area contributed by atoms with E-state index in [1.807, 2.05) is 53.2 Å². The number of nitrogens with one attached hydrogen (secondary N) is 1. The lowest BCUT2D eigenvalue weighted by Crippen LogP contribution is -2.23. The molecule has 0 aliphatic carbocycles. The summed E-state index contributed by atoms with van der Waals surface area (Å²) in [6.45, 7) is 0.141. The van der Waals surface area contributed by atoms with Crippen LogP contribution in [-0.2, 0) is 12.3 Å². The molecule has 8 nitrogen and oxygen atoms in total. The molecule has 0 aliphatic heterocycles. The van der Waals surface area contributed by atoms with Crippen LogP contribution in [0.25, 0.3) is 17.0 Å². The summed E-state index contributed by atoms with van der Waals surface area (Å²) in [6.07, 6.45) is 7.29. The van der Waals surface area contributed by atoms with E-state index in [0.29, 0.717) is 23.0 Å². The van der Waals surface area contributed by atoms with E-state index in [-0.39, 0.29) is 12.5 Å². The smallest absolute Gasteiger partial charge is 0.252 e. The summed E-state index contributed by atoms with van der Waals surface area (Å²) >= 11 is 1.57. The summed E-state index contributed by atoms with van der Waals surface area (Å²) in [5, 5.41) is 6.82. The molecule has 0 saturated carbocycles. The van der Waals surface area contributed by atoms with Crippen LogP contribution in [0.4, 0.5) is 0 Å². The molecule has 5 rings (SSSR count). The molecule has 1 amide bonds. The molecule has 1 N–H and O–H groups in total. The Morgan fingerprint density at radius 1 is 1.03 bits per heavy atom. The molecule has 0 bridgehead atoms. The number of carbonyl (C=O) groups is 1. The third-order valence-electron chi connectivity index (χ3n) is 4.73. The minimum atomic E-state index is -0.202. The lowest BCUT2D eigenvalue weighted by molar-refractivity contribution is 0.0943. The Morgan fingerprint density at radius 3 is 2.75 bits per heavy atom. The number of aromatic nitrogens is 5. The SMILES string of the molecule is O=C(NCc1nc(-c2ccncc2)no1)c1ccccc1SCc1cn2ccccc2n1. The summed E-state index contributed by atoms with van der Waals surface area (Å²) in [5.41, 5.74) is 3.25. The van der Waals surface area contributed by atoms with E-state index >= 15 is 0 Å². The highest BCUT2D eigenvalue weighted by Crippen LogP contribution is 2.26. The number of thioether (sulfide) groups is 1. The highest BCUT2D eigenvalue weighted by atomic mass is 32.2. The van der Waals surface area contributed by atoms with Crippen LogP contribution >= 0.6 is 11.8 Å². The van der Waals surface area contributed by atoms with Crippen LogP contribution in [0.3, 0.4) is 0 Å². The van der Waals surface area contributed by atoms with Gasteiger partial charge in [-0.3, -0.25) is 9.78 Å². The van der Waals surface area contributed by atoms with Crippen molar-refractivity contribution in [2.75, 3.05) is 0 Å². The van der Waals surface area contributed by atoms with Gasteiger partial charge in [-0.2, -0.15) is 4.98 Å². The number of pyridine rings is 2. The standard InChI is InChI=1S/C23H18N6O2S/c30-23(25-13-21-27-22(28-31-21)16-8-10-24-11-9-16)18-5-1-2-6-19(18)32-15-17-14-29-12-4-3-7-20(29)26-17/h1-12,14H,13,15H2,(H,25,30). The molecule has 32 heavy (non-hydrogen) atoms. The Hall–Kier alpha value is -3.98. The topological polar surface area (TPSA) is 98.2 Å². The van der Waals surface area contributed by atoms with Gasteiger partial charge in [-0.15, -0.1) is 11.8 Å². The molecular weight excluding hydrogens is 424 g/mol. The number of hydrogen-bond acceptors (Lipinski definition) is 7. The number of benzene rings is 1. The summed E-state index contributed by atoms with van der Waals surface area (Å²) < 4.78 is 7.24. The zero-order valence-electron chi connectivity index (χ0n) is 16.9. The van der Waals surface area contributed by atoms with Gasteiger partial charge in [-0.05, 0) is 36.4 Å². The van der Waals surface area contributed by atoms with Crippen LogP contribution in [-0.4, -0.2) is 30.4 Å². The van der Waals surface area contributed by atoms with Crippen LogP contribution in [0.5, 0.6) is 0 Å². The Labute approximate surface area is 187 Å². The van der Waals surface area contributed by atoms with Gasteiger partial charge >= 0.3 is 0 Å². The molecule has 158 valence electrons. The van der Waals surface area contributed by atoms with Crippen molar-refractivity contribution >= 4 is 23.3 Å². The quantitative estimate of drug-likeness (QED) is 0.380. The van der Waals surface area contributed by atoms with Gasteiger partial charge in [0.25, 0.3) is 5.91 Å². The maximum absolute atomic E-state index is 12.8. The van der Waals surface area contributed by atoms with E-state index in [4.69, 9.17) is 4.52 Å². The van der Waals surface area contributed by atoms with Crippen LogP contribution in [0.15, 0.2) is 88.8 Å². The molecule has 0 aliphatic rings. The highest BCUT2D eigenvalue weighted by Gasteiger charge is 2.14. The molecule has 0 radical (unpaired) electrons. The molecule has 0 spiro atoms. The van der Waals surface area contributed by atoms with E-state index in [0.717, 1.165) is 21.8 Å². The lowest BCUT2D eigenvalue weighted by Gasteiger charge is -2.08. The van der Waals surface area contributed by atoms with Crippen molar-refractivity contribution in [1.29, 1.82) is 0 Å². The highest BCUT2D eigenvalue weighted by molar-refractivity contribution is 7.98. The van der Waals surface area contributed by atoms with E-state index in [1.165, 1.54) is 0 Å². The normalized spacial score (nSPS) is 11.0. The molecule has 0 atom stereocenters. The third-order valence-corrected chi connectivity index (χ3v) is 5.84. The number of fused-ring (bicyclic) bond motifs is 1. The monoisotopic (exact) mass is 442 g/mol. The zero-order valence-corrected chi connectivity index (χ0v) is 17.7. The minimum Gasteiger partial charge on any atom is -0.343 e. The fourth-order valence-corrected chi connectivity index (χ4v) is 4.12. The average molecular weight is 443 g/mol. The van der Waals surface area contributed by atoms with E-state index in [9.17, 15) is 4.79 Å². The number of nitrogens with zero attached hydrogens (tertiary/aromatic N) is 5. The van der Waals surface area contributed by atoms with Gasteiger partial charge in [0.2, 0.25) is 11.7 Å². The minimum absolute atomic E-state index is 0.141. The van der Waals surface area contributed by atoms with Gasteiger partial charge < -0.3 is 14.2 Å². The van der Waals surface area contributed by atoms with Crippen LogP contribution in [0, 0.1) is 0 Å². The predicted octanol–water partition coefficient (Wildman–Crippen LogP) is 4.00. The number of hydrogen-bond donors (Lipinski definition) is 1. The van der Waals surface area contributed by atoms with Gasteiger partial charge in [0.05, 0.1) is 17.8 Å². The third kappa shape index (κ3) is 4.37. The first-order valence-electron chi connectivity index (χ1n) is 9.92. The fraction of sp³-hybridized carbons (Fsp3) is 0.0870. The average Bonchev–Trinajstić information content (AvgIpc) is 3.49. The Balaban J connectivity index is 1.24. The van der Waals surface area contributed by atoms with Gasteiger partial charge in [0.1, 0.15) is 5.65 Å². The van der Waals surface area contributed by atoms with E-state index < -0.39 is 0 Å². The Morgan fingerprint density at radius 2 is 1.88 bits per heavy atom. The first-order valence-corrected chi connectivity index (χ1v) is 10.9. The summed E-state index contributed by atoms with van der Waals surface area (Å²) in [7, 11) is 0. The van der Waals surface area contributed by atoms with E-state index in [1.54, 1.807) is 42.4 Å². The van der Waals surface area contributed by atoms with Gasteiger partial charge in [0.15, 0.2) is 0 Å². The van der Waals surface area contributed by atoms with Crippen molar-refractivity contribution in [3.63, 3.8) is 0 Å². The first kappa shape index (κ1) is 20.0. The predicted molar refractivity (Wildman–Crippen MR) is 120 cm³/mol. The van der Waals surface area contributed by atoms with E-state index in [2.05, 4.69) is 25.4 Å². The first-order chi connectivity index (χ1) is 15.8. The second-order valence-corrected chi connectivity index (χ2v) is 7.93. The fourth-order valence-electron chi connectivity index (χ4n) is 3.18. The van der Waals surface area contributed by atoms with Crippen molar-refractivity contribution in [3.8, 4) is 11.4 Å². The number of amides is 1. The maximum atomic E-state index is 12.8. The van der Waals surface area contributed by atoms with Gasteiger partial charge in [0, 0.05) is 41.0 Å². The summed E-state index contributed by atoms with van der Waals surface area (Å²) in [5.74, 6) is 1.25. The molecule has 4 aromatic heterocycles. The van der Waals surface area contributed by atoms with Crippen molar-refractivity contribution in [1.82, 2.24) is 29.8 Å². The molecule has 0 fully saturated rings. The Kier molecular flexibility index (Phi) is 5.63. The van der Waals surface area contributed by atoms with Crippen molar-refractivity contribution < 1.29 is 9.32 Å². The van der Waals surface area contributed by atoms with Crippen LogP contribution in [0.2, 0.25) is 0 Å². The summed E-state index contributed by atoms with van der Waals surface area (Å²) in [6, 6.07) is 17.0. The van der Waals surface area contributed by atoms with Gasteiger partial charge in [-0.25, -0.2) is 4.98 Å². The number of carbonyl (C=O) groups excluding carboxylic acids is 1. The second-order valence-electron chi connectivity index (χ2n) is 6.91. The van der Waals surface area contributed by atoms with Crippen molar-refractivity contribution in [2.24, 2.45) is 0 Å². The largest absolute Gasteiger partial charge is 0.343 e. The van der Waals surface area contributed by atoms with Crippen LogP contribution < -0.4 is 5.32 Å². The number of rotatable bonds is 7. The lowest BCUT2D eigenvalue weighted by atomic mass is 10.2. The molecule has 0 unspecified atom stereocenters. The maximum Gasteiger partial charge on any atom is 0.252 e. The second kappa shape index (κ2) is 9.03. The van der Waals surface area contributed by atoms with Crippen LogP contribution in [0.1, 0.15) is 21.9 Å². The summed E-state index contributed by atoms with van der Waals surface area (Å²) in [4.78, 5) is 26.6. The van der Waals surface area contributed by atoms with Crippen molar-refractivity contribution in [2.45, 2.75) is 17.2 Å². The number of imidazole rings is 1. The molecule has 4 heterocycles. The molecule has 5 aromatic rings. The Bertz CT molecular complexity index is 1330. The van der Waals surface area contributed by atoms with Crippen molar-refractivity contribution in [3.05, 3.63) is 96.5 Å². The molecule has 1 aromatic carbocycles. The zero-order chi connectivity index (χ0) is 21.8. The molecule has 9 heteroatoms. The van der Waals surface area contributed by atoms with Gasteiger partial charge in [-0.1, -0.05) is 23.4 Å². The molecular formula is C23H18N6O2S.